The predicted octanol–water partition coefficient (Wildman–Crippen LogP) is 3.06. The molecule has 0 bridgehead atoms. The number of hydrogen-bond acceptors (Lipinski definition) is 6. The van der Waals surface area contributed by atoms with Crippen LogP contribution in [0.3, 0.4) is 0 Å². The molecule has 0 atom stereocenters. The molecule has 1 fully saturated rings. The monoisotopic (exact) mass is 372 g/mol. The number of carbonyl (C=O) groups excluding carboxylic acids is 1. The maximum atomic E-state index is 12.2. The van der Waals surface area contributed by atoms with Gasteiger partial charge in [0.2, 0.25) is 0 Å². The Kier molecular flexibility index (Phi) is 5.34. The van der Waals surface area contributed by atoms with Crippen LogP contribution in [0.1, 0.15) is 52.3 Å². The molecule has 0 aromatic carbocycles. The molecule has 0 saturated carbocycles. The fourth-order valence-corrected chi connectivity index (χ4v) is 3.14. The number of hydrogen-bond donors (Lipinski definition) is 1. The molecule has 2 aromatic rings. The van der Waals surface area contributed by atoms with Crippen molar-refractivity contribution in [1.82, 2.24) is 24.9 Å². The first kappa shape index (κ1) is 19.1. The predicted molar refractivity (Wildman–Crippen MR) is 103 cm³/mol. The Morgan fingerprint density at radius 3 is 2.63 bits per heavy atom. The highest BCUT2D eigenvalue weighted by Crippen LogP contribution is 2.27. The van der Waals surface area contributed by atoms with Crippen LogP contribution in [0.2, 0.25) is 0 Å². The third-order valence-electron chi connectivity index (χ3n) is 4.61. The Hall–Kier alpha value is -2.64. The van der Waals surface area contributed by atoms with Crippen molar-refractivity contribution < 1.29 is 9.53 Å². The van der Waals surface area contributed by atoms with Gasteiger partial charge in [-0.25, -0.2) is 4.79 Å². The largest absolute Gasteiger partial charge is 0.444 e. The topological polar surface area (TPSA) is 99.2 Å². The fraction of sp³-hybridized carbons (Fsp3) is 0.579. The molecule has 1 amide bonds. The van der Waals surface area contributed by atoms with Crippen molar-refractivity contribution in [2.24, 2.45) is 0 Å². The van der Waals surface area contributed by atoms with E-state index in [1.165, 1.54) is 0 Å². The first-order chi connectivity index (χ1) is 12.8. The van der Waals surface area contributed by atoms with Gasteiger partial charge in [0.25, 0.3) is 0 Å². The standard InChI is InChI=1S/C19H28N6O2/c1-5-13-12-15(17(20)22-21-13)16-8-11-25(23-16)14-6-9-24(10-7-14)18(26)27-19(2,3)4/h8,11-12,14H,5-7,9-10H2,1-4H3,(H2,20,22). The first-order valence-electron chi connectivity index (χ1n) is 9.42. The molecule has 1 aliphatic rings. The number of nitrogens with zero attached hydrogens (tertiary/aromatic N) is 5. The van der Waals surface area contributed by atoms with E-state index in [1.807, 2.05) is 50.7 Å². The number of nitrogen functional groups attached to an aromatic ring is 1. The number of amides is 1. The molecule has 0 unspecified atom stereocenters. The molecular weight excluding hydrogens is 344 g/mol. The molecule has 0 spiro atoms. The second kappa shape index (κ2) is 7.54. The SMILES string of the molecule is CCc1cc(-c2ccn(C3CCN(C(=O)OC(C)(C)C)CC3)n2)c(N)nn1. The van der Waals surface area contributed by atoms with Crippen molar-refractivity contribution in [3.8, 4) is 11.3 Å². The average molecular weight is 372 g/mol. The highest BCUT2D eigenvalue weighted by atomic mass is 16.6. The van der Waals surface area contributed by atoms with Crippen LogP contribution in [-0.4, -0.2) is 49.7 Å². The summed E-state index contributed by atoms with van der Waals surface area (Å²) in [5.41, 5.74) is 8.01. The van der Waals surface area contributed by atoms with Gasteiger partial charge >= 0.3 is 6.09 Å². The molecular formula is C19H28N6O2. The average Bonchev–Trinajstić information content (AvgIpc) is 3.11. The Bertz CT molecular complexity index is 803. The number of piperidine rings is 1. The van der Waals surface area contributed by atoms with Crippen LogP contribution < -0.4 is 5.73 Å². The Morgan fingerprint density at radius 1 is 1.30 bits per heavy atom. The maximum absolute atomic E-state index is 12.2. The van der Waals surface area contributed by atoms with Gasteiger partial charge in [-0.3, -0.25) is 4.68 Å². The third-order valence-corrected chi connectivity index (χ3v) is 4.61. The van der Waals surface area contributed by atoms with Gasteiger partial charge in [0.15, 0.2) is 5.82 Å². The van der Waals surface area contributed by atoms with E-state index in [0.29, 0.717) is 18.9 Å². The maximum Gasteiger partial charge on any atom is 0.410 e. The summed E-state index contributed by atoms with van der Waals surface area (Å²) in [7, 11) is 0. The van der Waals surface area contributed by atoms with Gasteiger partial charge in [0, 0.05) is 24.8 Å². The molecule has 1 aliphatic heterocycles. The Labute approximate surface area is 159 Å². The summed E-state index contributed by atoms with van der Waals surface area (Å²) >= 11 is 0. The lowest BCUT2D eigenvalue weighted by molar-refractivity contribution is 0.0185. The van der Waals surface area contributed by atoms with Crippen LogP contribution >= 0.6 is 0 Å². The normalized spacial score (nSPS) is 15.8. The van der Waals surface area contributed by atoms with Crippen LogP contribution in [0.4, 0.5) is 10.6 Å². The summed E-state index contributed by atoms with van der Waals surface area (Å²) in [6.07, 6.45) is 4.19. The molecule has 2 aromatic heterocycles. The minimum absolute atomic E-state index is 0.246. The lowest BCUT2D eigenvalue weighted by atomic mass is 10.1. The molecule has 146 valence electrons. The van der Waals surface area contributed by atoms with Gasteiger partial charge in [-0.05, 0) is 52.2 Å². The van der Waals surface area contributed by atoms with E-state index in [1.54, 1.807) is 4.90 Å². The number of aryl methyl sites for hydroxylation is 1. The van der Waals surface area contributed by atoms with Crippen molar-refractivity contribution >= 4 is 11.9 Å². The zero-order valence-corrected chi connectivity index (χ0v) is 16.5. The highest BCUT2D eigenvalue weighted by molar-refractivity contribution is 5.70. The Morgan fingerprint density at radius 2 is 2.00 bits per heavy atom. The van der Waals surface area contributed by atoms with Crippen molar-refractivity contribution in [3.63, 3.8) is 0 Å². The van der Waals surface area contributed by atoms with Gasteiger partial charge in [0.05, 0.1) is 17.4 Å². The molecule has 3 rings (SSSR count). The second-order valence-corrected chi connectivity index (χ2v) is 7.87. The van der Waals surface area contributed by atoms with Crippen LogP contribution in [0.15, 0.2) is 18.3 Å². The minimum Gasteiger partial charge on any atom is -0.444 e. The van der Waals surface area contributed by atoms with Gasteiger partial charge in [-0.2, -0.15) is 10.2 Å². The van der Waals surface area contributed by atoms with Crippen molar-refractivity contribution in [2.45, 2.75) is 58.6 Å². The van der Waals surface area contributed by atoms with E-state index in [4.69, 9.17) is 15.6 Å². The first-order valence-corrected chi connectivity index (χ1v) is 9.42. The summed E-state index contributed by atoms with van der Waals surface area (Å²) in [4.78, 5) is 14.0. The fourth-order valence-electron chi connectivity index (χ4n) is 3.14. The smallest absolute Gasteiger partial charge is 0.410 e. The van der Waals surface area contributed by atoms with E-state index >= 15 is 0 Å². The molecule has 8 nitrogen and oxygen atoms in total. The molecule has 0 radical (unpaired) electrons. The quantitative estimate of drug-likeness (QED) is 0.889. The molecule has 0 aliphatic carbocycles. The van der Waals surface area contributed by atoms with Gasteiger partial charge in [-0.1, -0.05) is 6.92 Å². The van der Waals surface area contributed by atoms with E-state index < -0.39 is 5.60 Å². The number of rotatable bonds is 3. The lowest BCUT2D eigenvalue weighted by Crippen LogP contribution is -2.42. The number of aromatic nitrogens is 4. The molecule has 3 heterocycles. The number of carbonyl (C=O) groups is 1. The van der Waals surface area contributed by atoms with Crippen LogP contribution in [-0.2, 0) is 11.2 Å². The third kappa shape index (κ3) is 4.56. The van der Waals surface area contributed by atoms with Crippen molar-refractivity contribution in [1.29, 1.82) is 0 Å². The minimum atomic E-state index is -0.472. The van der Waals surface area contributed by atoms with Gasteiger partial charge in [0.1, 0.15) is 5.60 Å². The van der Waals surface area contributed by atoms with Crippen molar-refractivity contribution in [2.75, 3.05) is 18.8 Å². The van der Waals surface area contributed by atoms with Crippen LogP contribution in [0.5, 0.6) is 0 Å². The van der Waals surface area contributed by atoms with Gasteiger partial charge < -0.3 is 15.4 Å². The number of nitrogens with two attached hydrogens (primary N) is 1. The second-order valence-electron chi connectivity index (χ2n) is 7.87. The number of ether oxygens (including phenoxy) is 1. The summed E-state index contributed by atoms with van der Waals surface area (Å²) in [6.45, 7) is 8.99. The van der Waals surface area contributed by atoms with Crippen molar-refractivity contribution in [3.05, 3.63) is 24.0 Å². The van der Waals surface area contributed by atoms with E-state index in [9.17, 15) is 4.79 Å². The Balaban J connectivity index is 1.66. The summed E-state index contributed by atoms with van der Waals surface area (Å²) in [5.74, 6) is 0.386. The molecule has 2 N–H and O–H groups in total. The molecule has 8 heteroatoms. The number of anilines is 1. The number of likely N-dealkylation sites (tertiary alicyclic amines) is 1. The van der Waals surface area contributed by atoms with E-state index in [0.717, 1.165) is 36.2 Å². The summed E-state index contributed by atoms with van der Waals surface area (Å²) < 4.78 is 7.42. The zero-order valence-electron chi connectivity index (χ0n) is 16.5. The summed E-state index contributed by atoms with van der Waals surface area (Å²) in [5, 5.41) is 12.8. The molecule has 27 heavy (non-hydrogen) atoms. The summed E-state index contributed by atoms with van der Waals surface area (Å²) in [6, 6.07) is 4.15. The van der Waals surface area contributed by atoms with E-state index in [2.05, 4.69) is 10.2 Å². The van der Waals surface area contributed by atoms with E-state index in [-0.39, 0.29) is 12.1 Å². The molecule has 1 saturated heterocycles. The van der Waals surface area contributed by atoms with Crippen LogP contribution in [0.25, 0.3) is 11.3 Å². The zero-order chi connectivity index (χ0) is 19.6. The highest BCUT2D eigenvalue weighted by Gasteiger charge is 2.28. The van der Waals surface area contributed by atoms with Gasteiger partial charge in [-0.15, -0.1) is 5.10 Å². The van der Waals surface area contributed by atoms with Crippen LogP contribution in [0, 0.1) is 0 Å². The lowest BCUT2D eigenvalue weighted by Gasteiger charge is -2.33.